The number of nitrogens with zero attached hydrogens (tertiary/aromatic N) is 3. The third kappa shape index (κ3) is 1.35. The molecule has 0 aliphatic heterocycles. The van der Waals surface area contributed by atoms with Crippen LogP contribution in [0.3, 0.4) is 0 Å². The highest BCUT2D eigenvalue weighted by molar-refractivity contribution is 5.72. The standard InChI is InChI=1S/C10H12N4/c1-2-14-7-13-6-10(14)8-5-12-4-3-9(8)11/h3-7H,2H2,1H3,(H2,11,12). The maximum absolute atomic E-state index is 5.85. The molecular formula is C10H12N4. The first-order valence-electron chi connectivity index (χ1n) is 4.53. The Morgan fingerprint density at radius 3 is 2.93 bits per heavy atom. The Kier molecular flexibility index (Phi) is 2.18. The van der Waals surface area contributed by atoms with E-state index in [1.807, 2.05) is 4.57 Å². The highest BCUT2D eigenvalue weighted by atomic mass is 15.0. The summed E-state index contributed by atoms with van der Waals surface area (Å²) >= 11 is 0. The molecule has 14 heavy (non-hydrogen) atoms. The summed E-state index contributed by atoms with van der Waals surface area (Å²) in [6, 6.07) is 1.79. The van der Waals surface area contributed by atoms with Crippen LogP contribution in [-0.2, 0) is 6.54 Å². The van der Waals surface area contributed by atoms with Crippen LogP contribution in [0, 0.1) is 0 Å². The molecule has 4 heteroatoms. The molecule has 0 amide bonds. The van der Waals surface area contributed by atoms with Crippen LogP contribution >= 0.6 is 0 Å². The van der Waals surface area contributed by atoms with E-state index in [4.69, 9.17) is 5.73 Å². The number of anilines is 1. The Morgan fingerprint density at radius 2 is 2.21 bits per heavy atom. The van der Waals surface area contributed by atoms with Crippen molar-refractivity contribution in [3.05, 3.63) is 31.0 Å². The summed E-state index contributed by atoms with van der Waals surface area (Å²) in [4.78, 5) is 8.15. The summed E-state index contributed by atoms with van der Waals surface area (Å²) in [7, 11) is 0. The molecule has 2 aromatic heterocycles. The van der Waals surface area contributed by atoms with E-state index in [1.54, 1.807) is 31.0 Å². The fraction of sp³-hybridized carbons (Fsp3) is 0.200. The summed E-state index contributed by atoms with van der Waals surface area (Å²) in [6.07, 6.45) is 7.04. The average molecular weight is 188 g/mol. The molecule has 0 saturated heterocycles. The normalized spacial score (nSPS) is 10.4. The predicted molar refractivity (Wildman–Crippen MR) is 55.5 cm³/mol. The highest BCUT2D eigenvalue weighted by Crippen LogP contribution is 2.23. The largest absolute Gasteiger partial charge is 0.398 e. The molecule has 0 aliphatic rings. The van der Waals surface area contributed by atoms with Crippen LogP contribution in [0.15, 0.2) is 31.0 Å². The van der Waals surface area contributed by atoms with Gasteiger partial charge >= 0.3 is 0 Å². The number of aromatic nitrogens is 3. The van der Waals surface area contributed by atoms with Gasteiger partial charge in [0.15, 0.2) is 0 Å². The lowest BCUT2D eigenvalue weighted by Gasteiger charge is -2.06. The van der Waals surface area contributed by atoms with Gasteiger partial charge in [0.2, 0.25) is 0 Å². The zero-order chi connectivity index (χ0) is 9.97. The van der Waals surface area contributed by atoms with Gasteiger partial charge in [-0.15, -0.1) is 0 Å². The molecule has 0 bridgehead atoms. The van der Waals surface area contributed by atoms with E-state index in [2.05, 4.69) is 16.9 Å². The Morgan fingerprint density at radius 1 is 1.36 bits per heavy atom. The number of nitrogens with two attached hydrogens (primary N) is 1. The van der Waals surface area contributed by atoms with Gasteiger partial charge in [-0.1, -0.05) is 0 Å². The zero-order valence-corrected chi connectivity index (χ0v) is 8.01. The number of hydrogen-bond donors (Lipinski definition) is 1. The Bertz CT molecular complexity index is 433. The molecule has 0 unspecified atom stereocenters. The van der Waals surface area contributed by atoms with Crippen LogP contribution < -0.4 is 5.73 Å². The number of nitrogen functional groups attached to an aromatic ring is 1. The van der Waals surface area contributed by atoms with E-state index in [0.717, 1.165) is 23.5 Å². The number of imidazole rings is 1. The summed E-state index contributed by atoms with van der Waals surface area (Å²) in [5, 5.41) is 0. The van der Waals surface area contributed by atoms with Gasteiger partial charge in [-0.25, -0.2) is 4.98 Å². The van der Waals surface area contributed by atoms with E-state index in [9.17, 15) is 0 Å². The van der Waals surface area contributed by atoms with Crippen molar-refractivity contribution < 1.29 is 0 Å². The summed E-state index contributed by atoms with van der Waals surface area (Å²) in [6.45, 7) is 2.95. The fourth-order valence-electron chi connectivity index (χ4n) is 1.42. The monoisotopic (exact) mass is 188 g/mol. The van der Waals surface area contributed by atoms with Gasteiger partial charge in [0.25, 0.3) is 0 Å². The van der Waals surface area contributed by atoms with Crippen molar-refractivity contribution in [2.45, 2.75) is 13.5 Å². The zero-order valence-electron chi connectivity index (χ0n) is 8.01. The van der Waals surface area contributed by atoms with Crippen molar-refractivity contribution in [1.29, 1.82) is 0 Å². The average Bonchev–Trinajstić information content (AvgIpc) is 2.66. The second kappa shape index (κ2) is 3.49. The van der Waals surface area contributed by atoms with Crippen LogP contribution in [0.4, 0.5) is 5.69 Å². The molecule has 2 N–H and O–H groups in total. The van der Waals surface area contributed by atoms with E-state index in [0.29, 0.717) is 0 Å². The minimum Gasteiger partial charge on any atom is -0.398 e. The maximum atomic E-state index is 5.85. The van der Waals surface area contributed by atoms with E-state index in [-0.39, 0.29) is 0 Å². The molecule has 0 fully saturated rings. The van der Waals surface area contributed by atoms with Gasteiger partial charge in [-0.05, 0) is 13.0 Å². The van der Waals surface area contributed by atoms with Crippen molar-refractivity contribution in [2.24, 2.45) is 0 Å². The van der Waals surface area contributed by atoms with Gasteiger partial charge in [0, 0.05) is 30.2 Å². The Hall–Kier alpha value is -1.84. The van der Waals surface area contributed by atoms with Crippen molar-refractivity contribution in [3.8, 4) is 11.3 Å². The second-order valence-corrected chi connectivity index (χ2v) is 3.03. The number of aryl methyl sites for hydroxylation is 1. The van der Waals surface area contributed by atoms with Crippen LogP contribution in [0.25, 0.3) is 11.3 Å². The molecule has 0 aliphatic carbocycles. The van der Waals surface area contributed by atoms with Gasteiger partial charge in [0.1, 0.15) is 0 Å². The summed E-state index contributed by atoms with van der Waals surface area (Å²) < 4.78 is 2.04. The molecular weight excluding hydrogens is 176 g/mol. The molecule has 4 nitrogen and oxygen atoms in total. The molecule has 0 aromatic carbocycles. The minimum atomic E-state index is 0.732. The van der Waals surface area contributed by atoms with E-state index >= 15 is 0 Å². The van der Waals surface area contributed by atoms with Crippen LogP contribution in [0.1, 0.15) is 6.92 Å². The lowest BCUT2D eigenvalue weighted by Crippen LogP contribution is -1.98. The molecule has 72 valence electrons. The lowest BCUT2D eigenvalue weighted by atomic mass is 10.2. The fourth-order valence-corrected chi connectivity index (χ4v) is 1.42. The predicted octanol–water partition coefficient (Wildman–Crippen LogP) is 1.55. The van der Waals surface area contributed by atoms with Crippen molar-refractivity contribution in [3.63, 3.8) is 0 Å². The first kappa shape index (κ1) is 8.74. The van der Waals surface area contributed by atoms with Crippen molar-refractivity contribution in [1.82, 2.24) is 14.5 Å². The second-order valence-electron chi connectivity index (χ2n) is 3.03. The highest BCUT2D eigenvalue weighted by Gasteiger charge is 2.06. The number of pyridine rings is 1. The van der Waals surface area contributed by atoms with Gasteiger partial charge in [-0.3, -0.25) is 4.98 Å². The smallest absolute Gasteiger partial charge is 0.0950 e. The summed E-state index contributed by atoms with van der Waals surface area (Å²) in [5.74, 6) is 0. The summed E-state index contributed by atoms with van der Waals surface area (Å²) in [5.41, 5.74) is 8.53. The molecule has 2 aromatic rings. The number of rotatable bonds is 2. The first-order valence-corrected chi connectivity index (χ1v) is 4.53. The third-order valence-electron chi connectivity index (χ3n) is 2.18. The topological polar surface area (TPSA) is 56.7 Å². The molecule has 2 heterocycles. The lowest BCUT2D eigenvalue weighted by molar-refractivity contribution is 0.768. The molecule has 0 atom stereocenters. The number of hydrogen-bond acceptors (Lipinski definition) is 3. The molecule has 0 saturated carbocycles. The van der Waals surface area contributed by atoms with E-state index in [1.165, 1.54) is 0 Å². The maximum Gasteiger partial charge on any atom is 0.0950 e. The van der Waals surface area contributed by atoms with Crippen LogP contribution in [0.2, 0.25) is 0 Å². The van der Waals surface area contributed by atoms with Crippen molar-refractivity contribution in [2.75, 3.05) is 5.73 Å². The third-order valence-corrected chi connectivity index (χ3v) is 2.18. The van der Waals surface area contributed by atoms with Gasteiger partial charge in [-0.2, -0.15) is 0 Å². The Balaban J connectivity index is 2.54. The first-order chi connectivity index (χ1) is 6.83. The van der Waals surface area contributed by atoms with Gasteiger partial charge in [0.05, 0.1) is 18.2 Å². The van der Waals surface area contributed by atoms with Crippen molar-refractivity contribution >= 4 is 5.69 Å². The Labute approximate surface area is 82.4 Å². The van der Waals surface area contributed by atoms with Gasteiger partial charge < -0.3 is 10.3 Å². The van der Waals surface area contributed by atoms with Crippen LogP contribution in [0.5, 0.6) is 0 Å². The SMILES string of the molecule is CCn1cncc1-c1cnccc1N. The molecule has 2 rings (SSSR count). The van der Waals surface area contributed by atoms with E-state index < -0.39 is 0 Å². The molecule has 0 spiro atoms. The quantitative estimate of drug-likeness (QED) is 0.777. The van der Waals surface area contributed by atoms with Crippen LogP contribution in [-0.4, -0.2) is 14.5 Å². The minimum absolute atomic E-state index is 0.732. The molecule has 0 radical (unpaired) electrons.